The summed E-state index contributed by atoms with van der Waals surface area (Å²) in [5.41, 5.74) is 5.99. The molecule has 1 aromatic heterocycles. The van der Waals surface area contributed by atoms with E-state index in [-0.39, 0.29) is 27.2 Å². The van der Waals surface area contributed by atoms with Gasteiger partial charge in [-0.1, -0.05) is 28.4 Å². The number of aromatic nitrogens is 2. The first-order valence-corrected chi connectivity index (χ1v) is 6.35. The van der Waals surface area contributed by atoms with Gasteiger partial charge in [-0.05, 0) is 12.1 Å². The number of ether oxygens (including phenoxy) is 1. The number of methoxy groups -OCH3 is 1. The lowest BCUT2D eigenvalue weighted by atomic mass is 10.2. The number of aromatic amines is 1. The molecule has 0 amide bonds. The van der Waals surface area contributed by atoms with Gasteiger partial charge >= 0.3 is 5.97 Å². The lowest BCUT2D eigenvalue weighted by Gasteiger charge is -2.09. The molecule has 2 rings (SSSR count). The summed E-state index contributed by atoms with van der Waals surface area (Å²) in [5.74, 6) is -0.788. The molecule has 0 spiro atoms. The largest absolute Gasteiger partial charge is 0.494 e. The molecule has 21 heavy (non-hydrogen) atoms. The third-order valence-corrected chi connectivity index (χ3v) is 3.08. The number of H-pyrrole nitrogens is 1. The van der Waals surface area contributed by atoms with E-state index in [4.69, 9.17) is 38.5 Å². The van der Waals surface area contributed by atoms with Crippen LogP contribution in [0, 0.1) is 0 Å². The maximum Gasteiger partial charge on any atom is 0.371 e. The highest BCUT2D eigenvalue weighted by atomic mass is 35.5. The molecule has 0 saturated carbocycles. The molecule has 0 saturated heterocycles. The molecule has 0 unspecified atom stereocenters. The van der Waals surface area contributed by atoms with Gasteiger partial charge in [0.25, 0.3) is 0 Å². The van der Waals surface area contributed by atoms with E-state index in [1.165, 1.54) is 31.8 Å². The summed E-state index contributed by atoms with van der Waals surface area (Å²) in [6, 6.07) is 2.95. The number of hydrogen-bond donors (Lipinski definition) is 2. The second kappa shape index (κ2) is 6.47. The fraction of sp³-hybridized carbons (Fsp3) is 0.0833. The van der Waals surface area contributed by atoms with E-state index in [2.05, 4.69) is 15.1 Å². The SMILES string of the molecule is COc1c(Cl)ccc(Cl)c1C(=O)O/N=C(\N)c1cnc[nH]1. The number of nitrogens with two attached hydrogens (primary N) is 1. The third kappa shape index (κ3) is 3.26. The molecular weight excluding hydrogens is 319 g/mol. The van der Waals surface area contributed by atoms with Crippen molar-refractivity contribution in [3.05, 3.63) is 46.0 Å². The van der Waals surface area contributed by atoms with E-state index in [0.29, 0.717) is 5.69 Å². The number of rotatable bonds is 4. The van der Waals surface area contributed by atoms with Crippen molar-refractivity contribution in [3.8, 4) is 5.75 Å². The Morgan fingerprint density at radius 3 is 2.71 bits per heavy atom. The number of carbonyl (C=O) groups is 1. The van der Waals surface area contributed by atoms with Gasteiger partial charge in [-0.3, -0.25) is 0 Å². The molecule has 0 bridgehead atoms. The Bertz CT molecular complexity index is 686. The summed E-state index contributed by atoms with van der Waals surface area (Å²) in [5, 5.41) is 3.85. The number of amidine groups is 1. The van der Waals surface area contributed by atoms with Gasteiger partial charge in [-0.25, -0.2) is 9.78 Å². The van der Waals surface area contributed by atoms with Crippen molar-refractivity contribution in [2.75, 3.05) is 7.11 Å². The molecule has 2 aromatic rings. The standard InChI is InChI=1S/C12H10Cl2N4O3/c1-20-10-7(14)3-2-6(13)9(10)12(19)21-18-11(15)8-4-16-5-17-8/h2-5H,1H3,(H2,15,18)(H,16,17). The lowest BCUT2D eigenvalue weighted by Crippen LogP contribution is -2.16. The van der Waals surface area contributed by atoms with Gasteiger partial charge in [0.2, 0.25) is 0 Å². The second-order valence-corrected chi connectivity index (χ2v) is 4.57. The van der Waals surface area contributed by atoms with Crippen LogP contribution >= 0.6 is 23.2 Å². The van der Waals surface area contributed by atoms with Gasteiger partial charge in [-0.15, -0.1) is 0 Å². The first kappa shape index (κ1) is 15.1. The van der Waals surface area contributed by atoms with E-state index >= 15 is 0 Å². The minimum atomic E-state index is -0.846. The monoisotopic (exact) mass is 328 g/mol. The number of halogens is 2. The van der Waals surface area contributed by atoms with Crippen LogP contribution in [0.25, 0.3) is 0 Å². The minimum Gasteiger partial charge on any atom is -0.494 e. The zero-order chi connectivity index (χ0) is 15.4. The molecule has 0 fully saturated rings. The number of nitrogens with one attached hydrogen (secondary N) is 1. The number of benzene rings is 1. The quantitative estimate of drug-likeness (QED) is 0.387. The van der Waals surface area contributed by atoms with Gasteiger partial charge in [0.1, 0.15) is 11.3 Å². The fourth-order valence-corrected chi connectivity index (χ4v) is 1.96. The Morgan fingerprint density at radius 1 is 1.38 bits per heavy atom. The zero-order valence-electron chi connectivity index (χ0n) is 10.8. The smallest absolute Gasteiger partial charge is 0.371 e. The topological polar surface area (TPSA) is 103 Å². The van der Waals surface area contributed by atoms with Crippen LogP contribution in [0.2, 0.25) is 10.0 Å². The summed E-state index contributed by atoms with van der Waals surface area (Å²) in [6.07, 6.45) is 2.84. The first-order valence-electron chi connectivity index (χ1n) is 5.60. The summed E-state index contributed by atoms with van der Waals surface area (Å²) in [7, 11) is 1.36. The van der Waals surface area contributed by atoms with Crippen molar-refractivity contribution in [3.63, 3.8) is 0 Å². The van der Waals surface area contributed by atoms with Crippen molar-refractivity contribution in [1.82, 2.24) is 9.97 Å². The van der Waals surface area contributed by atoms with E-state index < -0.39 is 5.97 Å². The zero-order valence-corrected chi connectivity index (χ0v) is 12.3. The molecule has 0 aliphatic heterocycles. The Labute approximate surface area is 129 Å². The second-order valence-electron chi connectivity index (χ2n) is 3.76. The Hall–Kier alpha value is -2.25. The molecule has 3 N–H and O–H groups in total. The van der Waals surface area contributed by atoms with Crippen LogP contribution in [0.15, 0.2) is 29.8 Å². The van der Waals surface area contributed by atoms with E-state index in [1.54, 1.807) is 0 Å². The number of imidazole rings is 1. The van der Waals surface area contributed by atoms with E-state index in [1.807, 2.05) is 0 Å². The van der Waals surface area contributed by atoms with Gasteiger partial charge in [0, 0.05) is 0 Å². The number of carbonyl (C=O) groups excluding carboxylic acids is 1. The highest BCUT2D eigenvalue weighted by molar-refractivity contribution is 6.37. The molecule has 110 valence electrons. The van der Waals surface area contributed by atoms with Crippen LogP contribution in [-0.4, -0.2) is 28.9 Å². The Balaban J connectivity index is 2.25. The van der Waals surface area contributed by atoms with Gasteiger partial charge < -0.3 is 20.3 Å². The van der Waals surface area contributed by atoms with Crippen LogP contribution in [0.3, 0.4) is 0 Å². The molecule has 0 atom stereocenters. The molecular formula is C12H10Cl2N4O3. The molecule has 1 aromatic carbocycles. The van der Waals surface area contributed by atoms with Crippen LogP contribution in [0.1, 0.15) is 16.1 Å². The summed E-state index contributed by atoms with van der Waals surface area (Å²) in [4.78, 5) is 23.3. The fourth-order valence-electron chi connectivity index (χ4n) is 1.50. The maximum absolute atomic E-state index is 12.0. The summed E-state index contributed by atoms with van der Waals surface area (Å²) in [6.45, 7) is 0. The molecule has 0 aliphatic carbocycles. The van der Waals surface area contributed by atoms with Crippen LogP contribution in [-0.2, 0) is 4.84 Å². The van der Waals surface area contributed by atoms with Crippen molar-refractivity contribution >= 4 is 35.0 Å². The minimum absolute atomic E-state index is 0.0344. The van der Waals surface area contributed by atoms with Crippen LogP contribution < -0.4 is 10.5 Å². The van der Waals surface area contributed by atoms with Crippen molar-refractivity contribution in [2.24, 2.45) is 10.9 Å². The first-order chi connectivity index (χ1) is 10.0. The predicted octanol–water partition coefficient (Wildman–Crippen LogP) is 2.20. The highest BCUT2D eigenvalue weighted by Gasteiger charge is 2.21. The van der Waals surface area contributed by atoms with Crippen molar-refractivity contribution in [2.45, 2.75) is 0 Å². The van der Waals surface area contributed by atoms with Crippen molar-refractivity contribution < 1.29 is 14.4 Å². The van der Waals surface area contributed by atoms with Crippen molar-refractivity contribution in [1.29, 1.82) is 0 Å². The van der Waals surface area contributed by atoms with E-state index in [9.17, 15) is 4.79 Å². The molecule has 0 radical (unpaired) electrons. The molecule has 0 aliphatic rings. The Kier molecular flexibility index (Phi) is 4.66. The van der Waals surface area contributed by atoms with Gasteiger partial charge in [0.05, 0.1) is 29.7 Å². The number of nitrogens with zero attached hydrogens (tertiary/aromatic N) is 2. The van der Waals surface area contributed by atoms with Crippen LogP contribution in [0.4, 0.5) is 0 Å². The summed E-state index contributed by atoms with van der Waals surface area (Å²) >= 11 is 11.9. The average Bonchev–Trinajstić information content (AvgIpc) is 3.00. The average molecular weight is 329 g/mol. The van der Waals surface area contributed by atoms with Gasteiger partial charge in [-0.2, -0.15) is 0 Å². The third-order valence-electron chi connectivity index (χ3n) is 2.47. The Morgan fingerprint density at radius 2 is 2.10 bits per heavy atom. The maximum atomic E-state index is 12.0. The number of oxime groups is 1. The predicted molar refractivity (Wildman–Crippen MR) is 77.7 cm³/mol. The van der Waals surface area contributed by atoms with E-state index in [0.717, 1.165) is 0 Å². The molecule has 7 nitrogen and oxygen atoms in total. The van der Waals surface area contributed by atoms with Crippen LogP contribution in [0.5, 0.6) is 5.75 Å². The normalized spacial score (nSPS) is 11.3. The highest BCUT2D eigenvalue weighted by Crippen LogP contribution is 2.34. The molecule has 9 heteroatoms. The number of hydrogen-bond acceptors (Lipinski definition) is 5. The molecule has 1 heterocycles. The summed E-state index contributed by atoms with van der Waals surface area (Å²) < 4.78 is 5.04. The van der Waals surface area contributed by atoms with Gasteiger partial charge in [0.15, 0.2) is 11.6 Å². The lowest BCUT2D eigenvalue weighted by molar-refractivity contribution is 0.0512.